The van der Waals surface area contributed by atoms with E-state index in [-0.39, 0.29) is 12.6 Å². The fourth-order valence-corrected chi connectivity index (χ4v) is 3.05. The first kappa shape index (κ1) is 12.9. The highest BCUT2D eigenvalue weighted by Crippen LogP contribution is 2.25. The van der Waals surface area contributed by atoms with Gasteiger partial charge in [-0.25, -0.2) is 4.98 Å². The quantitative estimate of drug-likeness (QED) is 0.936. The maximum Gasteiger partial charge on any atom is 0.137 e. The van der Waals surface area contributed by atoms with Crippen LogP contribution in [0.4, 0.5) is 0 Å². The van der Waals surface area contributed by atoms with Crippen LogP contribution in [0.25, 0.3) is 5.65 Å². The van der Waals surface area contributed by atoms with Crippen molar-refractivity contribution in [1.29, 1.82) is 0 Å². The number of hydrogen-bond donors (Lipinski definition) is 1. The maximum absolute atomic E-state index is 9.48. The van der Waals surface area contributed by atoms with Crippen LogP contribution in [0, 0.1) is 5.92 Å². The van der Waals surface area contributed by atoms with E-state index in [1.54, 1.807) is 0 Å². The molecule has 1 saturated heterocycles. The van der Waals surface area contributed by atoms with Crippen LogP contribution in [0.2, 0.25) is 5.02 Å². The van der Waals surface area contributed by atoms with Crippen LogP contribution in [0.15, 0.2) is 24.5 Å². The van der Waals surface area contributed by atoms with Gasteiger partial charge in [-0.1, -0.05) is 18.5 Å². The van der Waals surface area contributed by atoms with Gasteiger partial charge in [0.15, 0.2) is 0 Å². The standard InChI is InChI=1S/C14H18ClN3O/c1-10-4-5-17(13(10)9-19)7-12-8-18-6-11(15)2-3-14(18)16-12/h2-3,6,8,10,13,19H,4-5,7,9H2,1H3. The molecule has 1 fully saturated rings. The summed E-state index contributed by atoms with van der Waals surface area (Å²) in [7, 11) is 0. The van der Waals surface area contributed by atoms with E-state index in [2.05, 4.69) is 16.8 Å². The van der Waals surface area contributed by atoms with Crippen molar-refractivity contribution in [2.24, 2.45) is 5.92 Å². The minimum Gasteiger partial charge on any atom is -0.395 e. The van der Waals surface area contributed by atoms with Crippen molar-refractivity contribution >= 4 is 17.2 Å². The Bertz CT molecular complexity index is 583. The first-order valence-electron chi connectivity index (χ1n) is 6.65. The molecule has 0 bridgehead atoms. The minimum absolute atomic E-state index is 0.223. The molecule has 3 rings (SSSR count). The van der Waals surface area contributed by atoms with E-state index in [9.17, 15) is 5.11 Å². The predicted molar refractivity (Wildman–Crippen MR) is 75.3 cm³/mol. The second-order valence-electron chi connectivity index (χ2n) is 5.33. The van der Waals surface area contributed by atoms with Crippen LogP contribution in [0.5, 0.6) is 0 Å². The molecule has 4 nitrogen and oxygen atoms in total. The molecule has 19 heavy (non-hydrogen) atoms. The van der Waals surface area contributed by atoms with Gasteiger partial charge in [0, 0.05) is 25.0 Å². The summed E-state index contributed by atoms with van der Waals surface area (Å²) in [6.07, 6.45) is 5.02. The number of nitrogens with zero attached hydrogens (tertiary/aromatic N) is 3. The first-order valence-corrected chi connectivity index (χ1v) is 7.03. The summed E-state index contributed by atoms with van der Waals surface area (Å²) in [6, 6.07) is 4.03. The highest BCUT2D eigenvalue weighted by atomic mass is 35.5. The van der Waals surface area contributed by atoms with E-state index in [1.165, 1.54) is 0 Å². The minimum atomic E-state index is 0.223. The molecule has 0 spiro atoms. The van der Waals surface area contributed by atoms with Gasteiger partial charge in [-0.15, -0.1) is 0 Å². The molecule has 1 aliphatic heterocycles. The normalized spacial score (nSPS) is 24.4. The number of likely N-dealkylation sites (tertiary alicyclic amines) is 1. The highest BCUT2D eigenvalue weighted by Gasteiger charge is 2.30. The molecule has 0 radical (unpaired) electrons. The summed E-state index contributed by atoms with van der Waals surface area (Å²) in [5.74, 6) is 0.552. The summed E-state index contributed by atoms with van der Waals surface area (Å²) >= 11 is 5.97. The Kier molecular flexibility index (Phi) is 3.48. The van der Waals surface area contributed by atoms with E-state index in [0.29, 0.717) is 10.9 Å². The third-order valence-corrected chi connectivity index (χ3v) is 4.24. The van der Waals surface area contributed by atoms with Crippen molar-refractivity contribution in [3.05, 3.63) is 35.2 Å². The summed E-state index contributed by atoms with van der Waals surface area (Å²) < 4.78 is 1.95. The maximum atomic E-state index is 9.48. The lowest BCUT2D eigenvalue weighted by Crippen LogP contribution is -2.34. The van der Waals surface area contributed by atoms with Crippen molar-refractivity contribution in [3.63, 3.8) is 0 Å². The Morgan fingerprint density at radius 2 is 2.26 bits per heavy atom. The molecule has 2 atom stereocenters. The number of aromatic nitrogens is 2. The molecule has 2 unspecified atom stereocenters. The zero-order valence-corrected chi connectivity index (χ0v) is 11.7. The lowest BCUT2D eigenvalue weighted by atomic mass is 10.0. The number of imidazole rings is 1. The third kappa shape index (κ3) is 2.48. The fourth-order valence-electron chi connectivity index (χ4n) is 2.88. The Labute approximate surface area is 117 Å². The van der Waals surface area contributed by atoms with Gasteiger partial charge in [0.25, 0.3) is 0 Å². The molecule has 1 aliphatic rings. The summed E-state index contributed by atoms with van der Waals surface area (Å²) in [6.45, 7) is 4.24. The zero-order valence-electron chi connectivity index (χ0n) is 11.0. The monoisotopic (exact) mass is 279 g/mol. The number of pyridine rings is 1. The lowest BCUT2D eigenvalue weighted by Gasteiger charge is -2.23. The van der Waals surface area contributed by atoms with Crippen LogP contribution in [0.3, 0.4) is 0 Å². The first-order chi connectivity index (χ1) is 9.17. The van der Waals surface area contributed by atoms with Crippen LogP contribution in [0.1, 0.15) is 19.0 Å². The van der Waals surface area contributed by atoms with E-state index in [4.69, 9.17) is 11.6 Å². The predicted octanol–water partition coefficient (Wildman–Crippen LogP) is 2.19. The van der Waals surface area contributed by atoms with Gasteiger partial charge < -0.3 is 9.51 Å². The molecule has 102 valence electrons. The van der Waals surface area contributed by atoms with E-state index in [0.717, 1.165) is 30.9 Å². The molecule has 1 N–H and O–H groups in total. The molecule has 0 saturated carbocycles. The van der Waals surface area contributed by atoms with Crippen LogP contribution < -0.4 is 0 Å². The van der Waals surface area contributed by atoms with Gasteiger partial charge in [-0.05, 0) is 31.0 Å². The molecular weight excluding hydrogens is 262 g/mol. The van der Waals surface area contributed by atoms with Crippen LogP contribution >= 0.6 is 11.6 Å². The smallest absolute Gasteiger partial charge is 0.137 e. The SMILES string of the molecule is CC1CCN(Cc2cn3cc(Cl)ccc3n2)C1CO. The number of aliphatic hydroxyl groups is 1. The highest BCUT2D eigenvalue weighted by molar-refractivity contribution is 6.30. The van der Waals surface area contributed by atoms with Gasteiger partial charge in [0.2, 0.25) is 0 Å². The Balaban J connectivity index is 1.81. The van der Waals surface area contributed by atoms with Gasteiger partial charge >= 0.3 is 0 Å². The number of fused-ring (bicyclic) bond motifs is 1. The van der Waals surface area contributed by atoms with Crippen LogP contribution in [-0.4, -0.2) is 38.6 Å². The average molecular weight is 280 g/mol. The Morgan fingerprint density at radius 1 is 1.42 bits per heavy atom. The summed E-state index contributed by atoms with van der Waals surface area (Å²) in [5, 5.41) is 10.2. The number of halogens is 1. The fraction of sp³-hybridized carbons (Fsp3) is 0.500. The zero-order chi connectivity index (χ0) is 13.4. The topological polar surface area (TPSA) is 40.8 Å². The van der Waals surface area contributed by atoms with Gasteiger partial charge in [0.05, 0.1) is 17.3 Å². The molecule has 0 amide bonds. The van der Waals surface area contributed by atoms with Crippen molar-refractivity contribution in [1.82, 2.24) is 14.3 Å². The van der Waals surface area contributed by atoms with E-state index in [1.807, 2.05) is 28.9 Å². The largest absolute Gasteiger partial charge is 0.395 e. The third-order valence-electron chi connectivity index (χ3n) is 4.01. The summed E-state index contributed by atoms with van der Waals surface area (Å²) in [5.41, 5.74) is 1.93. The molecule has 0 aliphatic carbocycles. The van der Waals surface area contributed by atoms with Crippen molar-refractivity contribution in [2.45, 2.75) is 25.9 Å². The summed E-state index contributed by atoms with van der Waals surface area (Å²) in [4.78, 5) is 6.91. The Morgan fingerprint density at radius 3 is 3.05 bits per heavy atom. The van der Waals surface area contributed by atoms with Crippen molar-refractivity contribution in [3.8, 4) is 0 Å². The van der Waals surface area contributed by atoms with E-state index >= 15 is 0 Å². The molecule has 0 aromatic carbocycles. The van der Waals surface area contributed by atoms with Gasteiger partial charge in [0.1, 0.15) is 5.65 Å². The molecule has 3 heterocycles. The number of rotatable bonds is 3. The Hall–Kier alpha value is -1.10. The number of hydrogen-bond acceptors (Lipinski definition) is 3. The van der Waals surface area contributed by atoms with Crippen molar-refractivity contribution < 1.29 is 5.11 Å². The second kappa shape index (κ2) is 5.12. The molecule has 2 aromatic heterocycles. The molecular formula is C14H18ClN3O. The average Bonchev–Trinajstić information content (AvgIpc) is 2.92. The van der Waals surface area contributed by atoms with Gasteiger partial charge in [-0.2, -0.15) is 0 Å². The van der Waals surface area contributed by atoms with Gasteiger partial charge in [-0.3, -0.25) is 4.90 Å². The van der Waals surface area contributed by atoms with Crippen molar-refractivity contribution in [2.75, 3.05) is 13.2 Å². The molecule has 2 aromatic rings. The van der Waals surface area contributed by atoms with Crippen LogP contribution in [-0.2, 0) is 6.54 Å². The van der Waals surface area contributed by atoms with E-state index < -0.39 is 0 Å². The lowest BCUT2D eigenvalue weighted by molar-refractivity contribution is 0.133. The number of aliphatic hydroxyl groups excluding tert-OH is 1. The second-order valence-corrected chi connectivity index (χ2v) is 5.77. The molecule has 5 heteroatoms.